The minimum atomic E-state index is -0.0404. The highest BCUT2D eigenvalue weighted by Gasteiger charge is 2.04. The van der Waals surface area contributed by atoms with Gasteiger partial charge in [0.25, 0.3) is 0 Å². The van der Waals surface area contributed by atoms with Gasteiger partial charge < -0.3 is 14.6 Å². The van der Waals surface area contributed by atoms with E-state index in [0.717, 1.165) is 11.3 Å². The van der Waals surface area contributed by atoms with Crippen molar-refractivity contribution in [3.63, 3.8) is 0 Å². The second kappa shape index (κ2) is 6.07. The van der Waals surface area contributed by atoms with E-state index in [1.165, 1.54) is 0 Å². The van der Waals surface area contributed by atoms with Crippen LogP contribution in [0, 0.1) is 0 Å². The summed E-state index contributed by atoms with van der Waals surface area (Å²) in [7, 11) is 0. The fraction of sp³-hybridized carbons (Fsp3) is 0.200. The molecule has 1 N–H and O–H groups in total. The molecule has 0 unspecified atom stereocenters. The first kappa shape index (κ1) is 12.5. The van der Waals surface area contributed by atoms with Crippen molar-refractivity contribution in [2.24, 2.45) is 0 Å². The van der Waals surface area contributed by atoms with Crippen molar-refractivity contribution in [3.05, 3.63) is 54.1 Å². The molecule has 94 valence electrons. The first-order chi connectivity index (χ1) is 8.83. The summed E-state index contributed by atoms with van der Waals surface area (Å²) < 4.78 is 11.2. The third-order valence-electron chi connectivity index (χ3n) is 2.49. The van der Waals surface area contributed by atoms with Crippen molar-refractivity contribution >= 4 is 0 Å². The summed E-state index contributed by atoms with van der Waals surface area (Å²) in [5, 5.41) is 9.23. The number of ether oxygens (including phenoxy) is 2. The Labute approximate surface area is 107 Å². The predicted octanol–water partition coefficient (Wildman–Crippen LogP) is 3.37. The lowest BCUT2D eigenvalue weighted by Gasteiger charge is -2.10. The van der Waals surface area contributed by atoms with Crippen molar-refractivity contribution < 1.29 is 14.6 Å². The largest absolute Gasteiger partial charge is 0.494 e. The van der Waals surface area contributed by atoms with Crippen molar-refractivity contribution in [2.75, 3.05) is 6.61 Å². The van der Waals surface area contributed by atoms with E-state index in [2.05, 4.69) is 0 Å². The summed E-state index contributed by atoms with van der Waals surface area (Å²) in [4.78, 5) is 0. The maximum atomic E-state index is 9.23. The number of rotatable bonds is 5. The Morgan fingerprint density at radius 2 is 1.78 bits per heavy atom. The Hall–Kier alpha value is -2.00. The van der Waals surface area contributed by atoms with Gasteiger partial charge in [0.1, 0.15) is 17.2 Å². The molecule has 3 nitrogen and oxygen atoms in total. The summed E-state index contributed by atoms with van der Waals surface area (Å²) in [6.07, 6.45) is 0. The molecule has 0 heterocycles. The van der Waals surface area contributed by atoms with Crippen LogP contribution >= 0.6 is 0 Å². The average molecular weight is 244 g/mol. The number of para-hydroxylation sites is 1. The summed E-state index contributed by atoms with van der Waals surface area (Å²) in [6, 6.07) is 14.9. The zero-order chi connectivity index (χ0) is 12.8. The lowest BCUT2D eigenvalue weighted by Crippen LogP contribution is -1.93. The molecular formula is C15H16O3. The number of aliphatic hydroxyl groups is 1. The smallest absolute Gasteiger partial charge is 0.132 e. The van der Waals surface area contributed by atoms with E-state index in [1.54, 1.807) is 0 Å². The molecule has 0 aliphatic carbocycles. The molecular weight excluding hydrogens is 228 g/mol. The number of hydrogen-bond acceptors (Lipinski definition) is 3. The van der Waals surface area contributed by atoms with Gasteiger partial charge in [-0.1, -0.05) is 24.3 Å². The van der Waals surface area contributed by atoms with Gasteiger partial charge >= 0.3 is 0 Å². The highest BCUT2D eigenvalue weighted by Crippen LogP contribution is 2.27. The molecule has 2 aromatic rings. The zero-order valence-electron chi connectivity index (χ0n) is 10.3. The summed E-state index contributed by atoms with van der Waals surface area (Å²) >= 11 is 0. The van der Waals surface area contributed by atoms with E-state index in [1.807, 2.05) is 55.5 Å². The van der Waals surface area contributed by atoms with E-state index in [9.17, 15) is 5.11 Å². The maximum absolute atomic E-state index is 9.23. The van der Waals surface area contributed by atoms with Crippen LogP contribution in [0.2, 0.25) is 0 Å². The fourth-order valence-corrected chi connectivity index (χ4v) is 1.66. The molecule has 0 atom stereocenters. The molecule has 0 bridgehead atoms. The summed E-state index contributed by atoms with van der Waals surface area (Å²) in [5.74, 6) is 2.13. The summed E-state index contributed by atoms with van der Waals surface area (Å²) in [5.41, 5.74) is 0.763. The molecule has 3 heteroatoms. The topological polar surface area (TPSA) is 38.7 Å². The van der Waals surface area contributed by atoms with Gasteiger partial charge in [0.2, 0.25) is 0 Å². The Balaban J connectivity index is 2.20. The summed E-state index contributed by atoms with van der Waals surface area (Å²) in [6.45, 7) is 2.52. The van der Waals surface area contributed by atoms with Gasteiger partial charge in [0, 0.05) is 11.6 Å². The molecule has 0 amide bonds. The SMILES string of the molecule is CCOc1cccc(Oc2ccccc2CO)c1. The minimum Gasteiger partial charge on any atom is -0.494 e. The van der Waals surface area contributed by atoms with Gasteiger partial charge in [-0.15, -0.1) is 0 Å². The first-order valence-corrected chi connectivity index (χ1v) is 5.93. The lowest BCUT2D eigenvalue weighted by atomic mass is 10.2. The Morgan fingerprint density at radius 1 is 1.00 bits per heavy atom. The lowest BCUT2D eigenvalue weighted by molar-refractivity contribution is 0.276. The van der Waals surface area contributed by atoms with Crippen LogP contribution in [-0.2, 0) is 6.61 Å². The van der Waals surface area contributed by atoms with Crippen molar-refractivity contribution in [2.45, 2.75) is 13.5 Å². The quantitative estimate of drug-likeness (QED) is 0.876. The van der Waals surface area contributed by atoms with Crippen LogP contribution in [0.4, 0.5) is 0 Å². The van der Waals surface area contributed by atoms with Crippen LogP contribution in [0.25, 0.3) is 0 Å². The first-order valence-electron chi connectivity index (χ1n) is 5.93. The van der Waals surface area contributed by atoms with E-state index >= 15 is 0 Å². The molecule has 0 aromatic heterocycles. The molecule has 0 saturated heterocycles. The number of benzene rings is 2. The highest BCUT2D eigenvalue weighted by molar-refractivity contribution is 5.40. The van der Waals surface area contributed by atoms with E-state index in [4.69, 9.17) is 9.47 Å². The number of aliphatic hydroxyl groups excluding tert-OH is 1. The maximum Gasteiger partial charge on any atom is 0.132 e. The van der Waals surface area contributed by atoms with Gasteiger partial charge in [-0.05, 0) is 25.1 Å². The zero-order valence-corrected chi connectivity index (χ0v) is 10.3. The van der Waals surface area contributed by atoms with Crippen LogP contribution in [0.15, 0.2) is 48.5 Å². The van der Waals surface area contributed by atoms with Gasteiger partial charge in [0.15, 0.2) is 0 Å². The Kier molecular flexibility index (Phi) is 4.20. The average Bonchev–Trinajstić information content (AvgIpc) is 2.40. The molecule has 0 radical (unpaired) electrons. The van der Waals surface area contributed by atoms with Crippen molar-refractivity contribution in [1.82, 2.24) is 0 Å². The monoisotopic (exact) mass is 244 g/mol. The molecule has 0 aliphatic heterocycles. The fourth-order valence-electron chi connectivity index (χ4n) is 1.66. The molecule has 0 aliphatic rings. The standard InChI is InChI=1S/C15H16O3/c1-2-17-13-7-5-8-14(10-13)18-15-9-4-3-6-12(15)11-16/h3-10,16H,2,11H2,1H3. The van der Waals surface area contributed by atoms with Crippen molar-refractivity contribution in [3.8, 4) is 17.2 Å². The van der Waals surface area contributed by atoms with E-state index < -0.39 is 0 Å². The Bertz CT molecular complexity index is 509. The number of hydrogen-bond donors (Lipinski definition) is 1. The molecule has 2 aromatic carbocycles. The third-order valence-corrected chi connectivity index (χ3v) is 2.49. The molecule has 18 heavy (non-hydrogen) atoms. The molecule has 2 rings (SSSR count). The molecule has 0 spiro atoms. The molecule has 0 saturated carbocycles. The minimum absolute atomic E-state index is 0.0404. The highest BCUT2D eigenvalue weighted by atomic mass is 16.5. The van der Waals surface area contributed by atoms with Crippen LogP contribution in [0.5, 0.6) is 17.2 Å². The molecule has 0 fully saturated rings. The van der Waals surface area contributed by atoms with Crippen LogP contribution in [0.3, 0.4) is 0 Å². The van der Waals surface area contributed by atoms with Crippen LogP contribution in [0.1, 0.15) is 12.5 Å². The van der Waals surface area contributed by atoms with Gasteiger partial charge in [-0.3, -0.25) is 0 Å². The third kappa shape index (κ3) is 3.02. The second-order valence-corrected chi connectivity index (χ2v) is 3.78. The van der Waals surface area contributed by atoms with Crippen molar-refractivity contribution in [1.29, 1.82) is 0 Å². The van der Waals surface area contributed by atoms with Gasteiger partial charge in [-0.2, -0.15) is 0 Å². The van der Waals surface area contributed by atoms with E-state index in [-0.39, 0.29) is 6.61 Å². The Morgan fingerprint density at radius 3 is 2.56 bits per heavy atom. The normalized spacial score (nSPS) is 10.1. The van der Waals surface area contributed by atoms with Gasteiger partial charge in [0.05, 0.1) is 13.2 Å². The second-order valence-electron chi connectivity index (χ2n) is 3.78. The van der Waals surface area contributed by atoms with Crippen LogP contribution < -0.4 is 9.47 Å². The van der Waals surface area contributed by atoms with Gasteiger partial charge in [-0.25, -0.2) is 0 Å². The van der Waals surface area contributed by atoms with E-state index in [0.29, 0.717) is 18.1 Å². The van der Waals surface area contributed by atoms with Crippen LogP contribution in [-0.4, -0.2) is 11.7 Å². The predicted molar refractivity (Wildman–Crippen MR) is 70.0 cm³/mol.